The average Bonchev–Trinajstić information content (AvgIpc) is 2.56. The van der Waals surface area contributed by atoms with Crippen LogP contribution in [-0.2, 0) is 4.79 Å². The number of hydrogen-bond donors (Lipinski definition) is 2. The summed E-state index contributed by atoms with van der Waals surface area (Å²) in [4.78, 5) is 12.2. The van der Waals surface area contributed by atoms with Gasteiger partial charge in [0.1, 0.15) is 11.5 Å². The SMILES string of the molecule is CCC(Oc1cccc(Cl)c1)C(=O)NN=Cc1cccc(C)c1O. The van der Waals surface area contributed by atoms with Crippen LogP contribution in [-0.4, -0.2) is 23.3 Å². The van der Waals surface area contributed by atoms with Gasteiger partial charge in [0.05, 0.1) is 6.21 Å². The molecule has 24 heavy (non-hydrogen) atoms. The summed E-state index contributed by atoms with van der Waals surface area (Å²) in [6.07, 6.45) is 1.18. The van der Waals surface area contributed by atoms with Gasteiger partial charge < -0.3 is 9.84 Å². The van der Waals surface area contributed by atoms with Crippen molar-refractivity contribution in [1.82, 2.24) is 5.43 Å². The van der Waals surface area contributed by atoms with Crippen LogP contribution in [0.15, 0.2) is 47.6 Å². The summed E-state index contributed by atoms with van der Waals surface area (Å²) in [5, 5.41) is 14.3. The van der Waals surface area contributed by atoms with Crippen LogP contribution < -0.4 is 10.2 Å². The van der Waals surface area contributed by atoms with Gasteiger partial charge in [-0.2, -0.15) is 5.10 Å². The second kappa shape index (κ2) is 8.36. The number of carbonyl (C=O) groups excluding carboxylic acids is 1. The Morgan fingerprint density at radius 1 is 1.38 bits per heavy atom. The zero-order valence-electron chi connectivity index (χ0n) is 13.5. The summed E-state index contributed by atoms with van der Waals surface area (Å²) in [5.74, 6) is 0.281. The molecule has 2 rings (SSSR count). The minimum atomic E-state index is -0.688. The molecule has 0 fully saturated rings. The molecule has 5 nitrogen and oxygen atoms in total. The van der Waals surface area contributed by atoms with Crippen LogP contribution in [0, 0.1) is 6.92 Å². The van der Waals surface area contributed by atoms with Gasteiger partial charge in [-0.25, -0.2) is 5.43 Å². The third-order valence-corrected chi connectivity index (χ3v) is 3.62. The number of phenolic OH excluding ortho intramolecular Hbond substituents is 1. The van der Waals surface area contributed by atoms with Gasteiger partial charge >= 0.3 is 0 Å². The Morgan fingerprint density at radius 3 is 2.83 bits per heavy atom. The number of para-hydroxylation sites is 1. The molecule has 0 aliphatic rings. The Labute approximate surface area is 145 Å². The Hall–Kier alpha value is -2.53. The smallest absolute Gasteiger partial charge is 0.281 e. The van der Waals surface area contributed by atoms with E-state index in [1.165, 1.54) is 6.21 Å². The van der Waals surface area contributed by atoms with Crippen molar-refractivity contribution in [1.29, 1.82) is 0 Å². The Morgan fingerprint density at radius 2 is 2.12 bits per heavy atom. The van der Waals surface area contributed by atoms with Crippen LogP contribution in [0.25, 0.3) is 0 Å². The number of amides is 1. The second-order valence-corrected chi connectivity index (χ2v) is 5.66. The molecule has 1 unspecified atom stereocenters. The van der Waals surface area contributed by atoms with Crippen LogP contribution in [0.3, 0.4) is 0 Å². The molecule has 1 amide bonds. The second-order valence-electron chi connectivity index (χ2n) is 5.22. The maximum Gasteiger partial charge on any atom is 0.281 e. The van der Waals surface area contributed by atoms with E-state index in [0.29, 0.717) is 22.8 Å². The molecule has 0 saturated heterocycles. The number of carbonyl (C=O) groups is 1. The predicted molar refractivity (Wildman–Crippen MR) is 94.7 cm³/mol. The highest BCUT2D eigenvalue weighted by atomic mass is 35.5. The molecule has 0 saturated carbocycles. The first-order valence-corrected chi connectivity index (χ1v) is 7.92. The van der Waals surface area contributed by atoms with Gasteiger partial charge in [-0.15, -0.1) is 0 Å². The quantitative estimate of drug-likeness (QED) is 0.619. The fourth-order valence-corrected chi connectivity index (χ4v) is 2.23. The van der Waals surface area contributed by atoms with E-state index in [-0.39, 0.29) is 11.7 Å². The van der Waals surface area contributed by atoms with Crippen LogP contribution in [0.1, 0.15) is 24.5 Å². The molecule has 2 aromatic rings. The van der Waals surface area contributed by atoms with Crippen molar-refractivity contribution in [2.45, 2.75) is 26.4 Å². The molecule has 0 aliphatic carbocycles. The molecule has 0 heterocycles. The number of nitrogens with one attached hydrogen (secondary N) is 1. The number of aryl methyl sites for hydroxylation is 1. The summed E-state index contributed by atoms with van der Waals surface area (Å²) >= 11 is 5.90. The zero-order valence-corrected chi connectivity index (χ0v) is 14.2. The topological polar surface area (TPSA) is 70.9 Å². The van der Waals surface area contributed by atoms with Crippen molar-refractivity contribution in [3.8, 4) is 11.5 Å². The van der Waals surface area contributed by atoms with Crippen LogP contribution >= 0.6 is 11.6 Å². The van der Waals surface area contributed by atoms with Crippen molar-refractivity contribution in [3.63, 3.8) is 0 Å². The first-order valence-electron chi connectivity index (χ1n) is 7.55. The lowest BCUT2D eigenvalue weighted by Crippen LogP contribution is -2.35. The van der Waals surface area contributed by atoms with E-state index in [1.807, 2.05) is 6.92 Å². The van der Waals surface area contributed by atoms with Gasteiger partial charge in [0.2, 0.25) is 0 Å². The number of benzene rings is 2. The van der Waals surface area contributed by atoms with Gasteiger partial charge in [-0.3, -0.25) is 4.79 Å². The highest BCUT2D eigenvalue weighted by molar-refractivity contribution is 6.30. The largest absolute Gasteiger partial charge is 0.507 e. The van der Waals surface area contributed by atoms with Crippen molar-refractivity contribution in [2.24, 2.45) is 5.10 Å². The summed E-state index contributed by atoms with van der Waals surface area (Å²) in [5.41, 5.74) is 3.69. The van der Waals surface area contributed by atoms with E-state index in [9.17, 15) is 9.90 Å². The molecule has 0 aliphatic heterocycles. The molecule has 0 bridgehead atoms. The molecular formula is C18H19ClN2O3. The van der Waals surface area contributed by atoms with E-state index in [1.54, 1.807) is 49.4 Å². The number of phenols is 1. The highest BCUT2D eigenvalue weighted by Gasteiger charge is 2.18. The maximum atomic E-state index is 12.2. The van der Waals surface area contributed by atoms with Crippen molar-refractivity contribution in [2.75, 3.05) is 0 Å². The summed E-state index contributed by atoms with van der Waals surface area (Å²) < 4.78 is 5.63. The number of nitrogens with zero attached hydrogens (tertiary/aromatic N) is 1. The van der Waals surface area contributed by atoms with E-state index >= 15 is 0 Å². The molecular weight excluding hydrogens is 328 g/mol. The van der Waals surface area contributed by atoms with Gasteiger partial charge in [0.25, 0.3) is 5.91 Å². The number of hydrazone groups is 1. The lowest BCUT2D eigenvalue weighted by Gasteiger charge is -2.15. The molecule has 126 valence electrons. The lowest BCUT2D eigenvalue weighted by molar-refractivity contribution is -0.128. The van der Waals surface area contributed by atoms with Gasteiger partial charge in [0, 0.05) is 10.6 Å². The van der Waals surface area contributed by atoms with Crippen molar-refractivity contribution in [3.05, 3.63) is 58.6 Å². The molecule has 0 aromatic heterocycles. The third kappa shape index (κ3) is 4.73. The minimum Gasteiger partial charge on any atom is -0.507 e. The lowest BCUT2D eigenvalue weighted by atomic mass is 10.1. The number of aromatic hydroxyl groups is 1. The molecule has 0 spiro atoms. The molecule has 2 N–H and O–H groups in total. The van der Waals surface area contributed by atoms with Crippen LogP contribution in [0.4, 0.5) is 0 Å². The normalized spacial score (nSPS) is 12.1. The number of rotatable bonds is 6. The fraction of sp³-hybridized carbons (Fsp3) is 0.222. The zero-order chi connectivity index (χ0) is 17.5. The van der Waals surface area contributed by atoms with Gasteiger partial charge in [-0.1, -0.05) is 36.7 Å². The maximum absolute atomic E-state index is 12.2. The predicted octanol–water partition coefficient (Wildman–Crippen LogP) is 3.66. The summed E-state index contributed by atoms with van der Waals surface area (Å²) in [7, 11) is 0. The van der Waals surface area contributed by atoms with E-state index in [4.69, 9.17) is 16.3 Å². The van der Waals surface area contributed by atoms with Gasteiger partial charge in [-0.05, 0) is 43.2 Å². The van der Waals surface area contributed by atoms with Crippen LogP contribution in [0.2, 0.25) is 5.02 Å². The first-order chi connectivity index (χ1) is 11.5. The monoisotopic (exact) mass is 346 g/mol. The van der Waals surface area contributed by atoms with E-state index in [0.717, 1.165) is 5.56 Å². The van der Waals surface area contributed by atoms with E-state index in [2.05, 4.69) is 10.5 Å². The van der Waals surface area contributed by atoms with Gasteiger partial charge in [0.15, 0.2) is 6.10 Å². The average molecular weight is 347 g/mol. The Kier molecular flexibility index (Phi) is 6.21. The highest BCUT2D eigenvalue weighted by Crippen LogP contribution is 2.20. The Bertz CT molecular complexity index is 747. The Balaban J connectivity index is 1.99. The molecule has 0 radical (unpaired) electrons. The van der Waals surface area contributed by atoms with Crippen molar-refractivity contribution < 1.29 is 14.6 Å². The standard InChI is InChI=1S/C18H19ClN2O3/c1-3-16(24-15-9-5-8-14(19)10-15)18(23)21-20-11-13-7-4-6-12(2)17(13)22/h4-11,16,22H,3H2,1-2H3,(H,21,23). The number of hydrogen-bond acceptors (Lipinski definition) is 4. The van der Waals surface area contributed by atoms with Crippen molar-refractivity contribution >= 4 is 23.7 Å². The summed E-state index contributed by atoms with van der Waals surface area (Å²) in [6.45, 7) is 3.63. The molecule has 2 aromatic carbocycles. The number of ether oxygens (including phenoxy) is 1. The van der Waals surface area contributed by atoms with E-state index < -0.39 is 6.10 Å². The minimum absolute atomic E-state index is 0.137. The first kappa shape index (κ1) is 17.8. The fourth-order valence-electron chi connectivity index (χ4n) is 2.05. The third-order valence-electron chi connectivity index (χ3n) is 3.38. The molecule has 1 atom stereocenters. The number of halogens is 1. The summed E-state index contributed by atoms with van der Waals surface area (Å²) in [6, 6.07) is 12.2. The van der Waals surface area contributed by atoms with Crippen LogP contribution in [0.5, 0.6) is 11.5 Å². The molecule has 6 heteroatoms.